The van der Waals surface area contributed by atoms with Crippen molar-refractivity contribution >= 4 is 12.2 Å². The molecule has 1 aromatic rings. The van der Waals surface area contributed by atoms with Gasteiger partial charge in [-0.2, -0.15) is 13.9 Å². The highest BCUT2D eigenvalue weighted by Crippen LogP contribution is 2.33. The number of alkyl halides is 2. The molecule has 0 bridgehead atoms. The quantitative estimate of drug-likeness (QED) is 0.849. The van der Waals surface area contributed by atoms with Crippen LogP contribution in [0.4, 0.5) is 8.78 Å². The van der Waals surface area contributed by atoms with Gasteiger partial charge in [-0.25, -0.2) is 0 Å². The molecule has 0 fully saturated rings. The summed E-state index contributed by atoms with van der Waals surface area (Å²) in [4.78, 5) is 11.4. The van der Waals surface area contributed by atoms with Crippen LogP contribution in [0.5, 0.6) is 5.75 Å². The molecule has 96 valence electrons. The zero-order valence-corrected chi connectivity index (χ0v) is 9.14. The molecule has 5 nitrogen and oxygen atoms in total. The van der Waals surface area contributed by atoms with E-state index in [1.165, 1.54) is 24.4 Å². The van der Waals surface area contributed by atoms with E-state index < -0.39 is 18.0 Å². The molecule has 2 N–H and O–H groups in total. The molecule has 1 unspecified atom stereocenters. The fourth-order valence-corrected chi connectivity index (χ4v) is 1.82. The van der Waals surface area contributed by atoms with Crippen molar-refractivity contribution in [3.63, 3.8) is 0 Å². The van der Waals surface area contributed by atoms with Crippen molar-refractivity contribution in [3.8, 4) is 5.75 Å². The third-order valence-electron chi connectivity index (χ3n) is 2.70. The van der Waals surface area contributed by atoms with E-state index >= 15 is 0 Å². The molecule has 1 aliphatic rings. The van der Waals surface area contributed by atoms with Gasteiger partial charge in [-0.3, -0.25) is 4.79 Å². The summed E-state index contributed by atoms with van der Waals surface area (Å²) < 4.78 is 28.9. The van der Waals surface area contributed by atoms with Crippen LogP contribution in [-0.4, -0.2) is 30.4 Å². The molecule has 7 heteroatoms. The van der Waals surface area contributed by atoms with E-state index in [0.717, 1.165) is 0 Å². The number of carboxylic acid groups (broad SMARTS) is 1. The molecule has 0 saturated carbocycles. The van der Waals surface area contributed by atoms with Crippen molar-refractivity contribution in [2.45, 2.75) is 12.0 Å². The average Bonchev–Trinajstić information content (AvgIpc) is 2.79. The monoisotopic (exact) mass is 256 g/mol. The van der Waals surface area contributed by atoms with Crippen LogP contribution in [-0.2, 0) is 10.2 Å². The van der Waals surface area contributed by atoms with E-state index in [2.05, 4.69) is 15.3 Å². The fraction of sp³-hybridized carbons (Fsp3) is 0.273. The van der Waals surface area contributed by atoms with Gasteiger partial charge >= 0.3 is 12.6 Å². The number of para-hydroxylation sites is 1. The van der Waals surface area contributed by atoms with E-state index in [0.29, 0.717) is 0 Å². The molecule has 1 aliphatic heterocycles. The average molecular weight is 256 g/mol. The lowest BCUT2D eigenvalue weighted by atomic mass is 9.81. The zero-order valence-electron chi connectivity index (χ0n) is 9.14. The Bertz CT molecular complexity index is 493. The van der Waals surface area contributed by atoms with Crippen LogP contribution < -0.4 is 10.2 Å². The van der Waals surface area contributed by atoms with Crippen LogP contribution >= 0.6 is 0 Å². The predicted molar refractivity (Wildman–Crippen MR) is 58.9 cm³/mol. The summed E-state index contributed by atoms with van der Waals surface area (Å²) in [6.07, 6.45) is 1.18. The number of halogens is 2. The molecule has 1 atom stereocenters. The largest absolute Gasteiger partial charge is 0.480 e. The van der Waals surface area contributed by atoms with Gasteiger partial charge in [-0.15, -0.1) is 0 Å². The molecule has 0 aromatic heterocycles. The molecule has 1 heterocycles. The highest BCUT2D eigenvalue weighted by atomic mass is 19.3. The topological polar surface area (TPSA) is 70.9 Å². The molecule has 1 aromatic carbocycles. The Balaban J connectivity index is 2.49. The van der Waals surface area contributed by atoms with Crippen LogP contribution in [0.2, 0.25) is 0 Å². The Kier molecular flexibility index (Phi) is 3.14. The summed E-state index contributed by atoms with van der Waals surface area (Å²) in [5, 5.41) is 13.0. The number of nitrogens with one attached hydrogen (secondary N) is 1. The third kappa shape index (κ3) is 1.99. The van der Waals surface area contributed by atoms with Gasteiger partial charge < -0.3 is 15.3 Å². The first-order valence-electron chi connectivity index (χ1n) is 5.11. The number of hydrogen-bond acceptors (Lipinski definition) is 4. The van der Waals surface area contributed by atoms with Crippen molar-refractivity contribution in [1.29, 1.82) is 0 Å². The Labute approximate surface area is 101 Å². The number of nitrogens with zero attached hydrogens (tertiary/aromatic N) is 1. The van der Waals surface area contributed by atoms with Crippen molar-refractivity contribution in [2.75, 3.05) is 6.54 Å². The third-order valence-corrected chi connectivity index (χ3v) is 2.70. The maximum absolute atomic E-state index is 12.3. The first-order chi connectivity index (χ1) is 8.56. The molecular weight excluding hydrogens is 246 g/mol. The summed E-state index contributed by atoms with van der Waals surface area (Å²) in [5.41, 5.74) is 1.18. The highest BCUT2D eigenvalue weighted by Gasteiger charge is 2.44. The number of rotatable bonds is 4. The zero-order chi connectivity index (χ0) is 13.2. The molecule has 0 aliphatic carbocycles. The standard InChI is InChI=1S/C11H10F2N2O3/c12-10(13)18-8-4-2-1-3-7(8)11(9(16)17)5-14-15-6-11/h1-5,10,15H,6H2,(H,16,17). The first kappa shape index (κ1) is 12.3. The van der Waals surface area contributed by atoms with Crippen LogP contribution in [0.25, 0.3) is 0 Å². The van der Waals surface area contributed by atoms with Gasteiger partial charge in [0.25, 0.3) is 0 Å². The summed E-state index contributed by atoms with van der Waals surface area (Å²) in [6.45, 7) is -3.02. The number of hydrogen-bond donors (Lipinski definition) is 2. The molecule has 2 rings (SSSR count). The normalized spacial score (nSPS) is 21.9. The van der Waals surface area contributed by atoms with Gasteiger partial charge in [-0.05, 0) is 6.07 Å². The fourth-order valence-electron chi connectivity index (χ4n) is 1.82. The second-order valence-corrected chi connectivity index (χ2v) is 3.74. The van der Waals surface area contributed by atoms with E-state index in [-0.39, 0.29) is 17.9 Å². The highest BCUT2D eigenvalue weighted by molar-refractivity contribution is 6.02. The minimum Gasteiger partial charge on any atom is -0.480 e. The van der Waals surface area contributed by atoms with Gasteiger partial charge in [0.15, 0.2) is 5.41 Å². The number of hydrazone groups is 1. The Hall–Kier alpha value is -2.18. The van der Waals surface area contributed by atoms with Gasteiger partial charge in [0.1, 0.15) is 5.75 Å². The maximum Gasteiger partial charge on any atom is 0.387 e. The minimum absolute atomic E-state index is 0.00799. The van der Waals surface area contributed by atoms with Crippen LogP contribution in [0.1, 0.15) is 5.56 Å². The molecule has 0 spiro atoms. The van der Waals surface area contributed by atoms with Crippen molar-refractivity contribution in [3.05, 3.63) is 29.8 Å². The Morgan fingerprint density at radius 1 is 1.50 bits per heavy atom. The van der Waals surface area contributed by atoms with Crippen LogP contribution in [0, 0.1) is 0 Å². The Morgan fingerprint density at radius 2 is 2.22 bits per heavy atom. The second-order valence-electron chi connectivity index (χ2n) is 3.74. The SMILES string of the molecule is O=C(O)C1(c2ccccc2OC(F)F)C=NNC1. The smallest absolute Gasteiger partial charge is 0.387 e. The summed E-state index contributed by atoms with van der Waals surface area (Å²) in [6, 6.07) is 5.80. The molecule has 0 saturated heterocycles. The predicted octanol–water partition coefficient (Wildman–Crippen LogP) is 1.20. The lowest BCUT2D eigenvalue weighted by Crippen LogP contribution is -2.41. The van der Waals surface area contributed by atoms with E-state index in [1.807, 2.05) is 0 Å². The number of carbonyl (C=O) groups is 1. The van der Waals surface area contributed by atoms with E-state index in [1.54, 1.807) is 6.07 Å². The van der Waals surface area contributed by atoms with Gasteiger partial charge in [0.2, 0.25) is 0 Å². The summed E-state index contributed by atoms with van der Waals surface area (Å²) in [7, 11) is 0. The second kappa shape index (κ2) is 4.59. The molecule has 0 amide bonds. The van der Waals surface area contributed by atoms with Crippen molar-refractivity contribution in [1.82, 2.24) is 5.43 Å². The van der Waals surface area contributed by atoms with Crippen LogP contribution in [0.15, 0.2) is 29.4 Å². The number of benzene rings is 1. The lowest BCUT2D eigenvalue weighted by molar-refractivity contribution is -0.140. The summed E-state index contributed by atoms with van der Waals surface area (Å²) >= 11 is 0. The van der Waals surface area contributed by atoms with Gasteiger partial charge in [0.05, 0.1) is 6.54 Å². The van der Waals surface area contributed by atoms with Crippen LogP contribution in [0.3, 0.4) is 0 Å². The first-order valence-corrected chi connectivity index (χ1v) is 5.11. The lowest BCUT2D eigenvalue weighted by Gasteiger charge is -2.23. The Morgan fingerprint density at radius 3 is 2.78 bits per heavy atom. The van der Waals surface area contributed by atoms with Gasteiger partial charge in [-0.1, -0.05) is 18.2 Å². The molecule has 0 radical (unpaired) electrons. The number of aliphatic carboxylic acids is 1. The van der Waals surface area contributed by atoms with Crippen molar-refractivity contribution in [2.24, 2.45) is 5.10 Å². The molecule has 18 heavy (non-hydrogen) atoms. The van der Waals surface area contributed by atoms with E-state index in [4.69, 9.17) is 0 Å². The van der Waals surface area contributed by atoms with E-state index in [9.17, 15) is 18.7 Å². The summed E-state index contributed by atoms with van der Waals surface area (Å²) in [5.74, 6) is -1.34. The minimum atomic E-state index is -3.01. The van der Waals surface area contributed by atoms with Crippen molar-refractivity contribution < 1.29 is 23.4 Å². The van der Waals surface area contributed by atoms with Gasteiger partial charge in [0, 0.05) is 11.8 Å². The number of ether oxygens (including phenoxy) is 1. The maximum atomic E-state index is 12.3. The molecular formula is C11H10F2N2O3. The number of carboxylic acids is 1.